The molecule has 116 valence electrons. The molecule has 0 heterocycles. The highest BCUT2D eigenvalue weighted by Crippen LogP contribution is 2.25. The molecule has 1 rings (SSSR count). The van der Waals surface area contributed by atoms with Gasteiger partial charge in [0.15, 0.2) is 0 Å². The van der Waals surface area contributed by atoms with E-state index in [1.165, 1.54) is 12.8 Å². The highest BCUT2D eigenvalue weighted by atomic mass is 16.4. The van der Waals surface area contributed by atoms with Crippen molar-refractivity contribution in [2.75, 3.05) is 0 Å². The third-order valence-electron chi connectivity index (χ3n) is 4.46. The number of unbranched alkanes of at least 4 members (excludes halogenated alkanes) is 1. The van der Waals surface area contributed by atoms with Gasteiger partial charge in [0.25, 0.3) is 0 Å². The SMILES string of the molecule is CCCCC(CC)CC(=O)NC1CCC(C(=O)O)CC1. The molecule has 4 heteroatoms. The summed E-state index contributed by atoms with van der Waals surface area (Å²) in [5, 5.41) is 12.0. The molecule has 0 spiro atoms. The number of aliphatic carboxylic acids is 1. The highest BCUT2D eigenvalue weighted by Gasteiger charge is 2.26. The van der Waals surface area contributed by atoms with E-state index >= 15 is 0 Å². The van der Waals surface area contributed by atoms with Crippen molar-refractivity contribution in [1.29, 1.82) is 0 Å². The minimum Gasteiger partial charge on any atom is -0.481 e. The van der Waals surface area contributed by atoms with Crippen LogP contribution >= 0.6 is 0 Å². The van der Waals surface area contributed by atoms with Crippen LogP contribution in [0.1, 0.15) is 71.6 Å². The van der Waals surface area contributed by atoms with Crippen LogP contribution in [0.5, 0.6) is 0 Å². The van der Waals surface area contributed by atoms with Gasteiger partial charge in [0.2, 0.25) is 5.91 Å². The molecule has 0 aromatic carbocycles. The number of rotatable bonds is 8. The molecule has 2 N–H and O–H groups in total. The van der Waals surface area contributed by atoms with Gasteiger partial charge in [-0.2, -0.15) is 0 Å². The van der Waals surface area contributed by atoms with Crippen molar-refractivity contribution in [2.45, 2.75) is 77.7 Å². The molecule has 0 bridgehead atoms. The lowest BCUT2D eigenvalue weighted by Crippen LogP contribution is -2.39. The summed E-state index contributed by atoms with van der Waals surface area (Å²) in [6, 6.07) is 0.182. The minimum atomic E-state index is -0.694. The van der Waals surface area contributed by atoms with Crippen LogP contribution in [0.2, 0.25) is 0 Å². The van der Waals surface area contributed by atoms with E-state index in [2.05, 4.69) is 19.2 Å². The second kappa shape index (κ2) is 8.98. The van der Waals surface area contributed by atoms with Gasteiger partial charge in [-0.05, 0) is 38.0 Å². The summed E-state index contributed by atoms with van der Waals surface area (Å²) >= 11 is 0. The van der Waals surface area contributed by atoms with Crippen LogP contribution in [-0.2, 0) is 9.59 Å². The Morgan fingerprint density at radius 3 is 2.35 bits per heavy atom. The Labute approximate surface area is 122 Å². The maximum Gasteiger partial charge on any atom is 0.306 e. The van der Waals surface area contributed by atoms with Crippen LogP contribution in [0.15, 0.2) is 0 Å². The number of carboxylic acids is 1. The Kier molecular flexibility index (Phi) is 7.63. The third-order valence-corrected chi connectivity index (χ3v) is 4.46. The Balaban J connectivity index is 2.27. The van der Waals surface area contributed by atoms with Gasteiger partial charge >= 0.3 is 5.97 Å². The molecule has 0 aromatic heterocycles. The number of carbonyl (C=O) groups excluding carboxylic acids is 1. The van der Waals surface area contributed by atoms with Crippen LogP contribution in [0.4, 0.5) is 0 Å². The molecule has 1 amide bonds. The molecule has 0 radical (unpaired) electrons. The zero-order valence-corrected chi connectivity index (χ0v) is 12.9. The van der Waals surface area contributed by atoms with Gasteiger partial charge in [-0.3, -0.25) is 9.59 Å². The molecule has 4 nitrogen and oxygen atoms in total. The van der Waals surface area contributed by atoms with Crippen LogP contribution in [0.3, 0.4) is 0 Å². The minimum absolute atomic E-state index is 0.145. The fourth-order valence-corrected chi connectivity index (χ4v) is 2.98. The largest absolute Gasteiger partial charge is 0.481 e. The van der Waals surface area contributed by atoms with E-state index in [1.54, 1.807) is 0 Å². The van der Waals surface area contributed by atoms with Crippen molar-refractivity contribution >= 4 is 11.9 Å². The predicted molar refractivity (Wildman–Crippen MR) is 79.4 cm³/mol. The van der Waals surface area contributed by atoms with Crippen molar-refractivity contribution in [1.82, 2.24) is 5.32 Å². The fourth-order valence-electron chi connectivity index (χ4n) is 2.98. The highest BCUT2D eigenvalue weighted by molar-refractivity contribution is 5.76. The molecule has 0 aliphatic heterocycles. The molecule has 1 atom stereocenters. The zero-order chi connectivity index (χ0) is 15.0. The zero-order valence-electron chi connectivity index (χ0n) is 12.9. The summed E-state index contributed by atoms with van der Waals surface area (Å²) in [5.41, 5.74) is 0. The third kappa shape index (κ3) is 5.93. The maximum atomic E-state index is 12.0. The quantitative estimate of drug-likeness (QED) is 0.718. The summed E-state index contributed by atoms with van der Waals surface area (Å²) in [5.74, 6) is -0.270. The average Bonchev–Trinajstić information content (AvgIpc) is 2.43. The van der Waals surface area contributed by atoms with Gasteiger partial charge in [-0.25, -0.2) is 0 Å². The Bertz CT molecular complexity index is 309. The normalized spacial score (nSPS) is 24.1. The van der Waals surface area contributed by atoms with E-state index in [0.29, 0.717) is 25.2 Å². The predicted octanol–water partition coefficient (Wildman–Crippen LogP) is 3.35. The number of carbonyl (C=O) groups is 2. The van der Waals surface area contributed by atoms with Gasteiger partial charge in [-0.15, -0.1) is 0 Å². The first-order chi connectivity index (χ1) is 9.56. The van der Waals surface area contributed by atoms with E-state index in [4.69, 9.17) is 5.11 Å². The van der Waals surface area contributed by atoms with Gasteiger partial charge in [-0.1, -0.05) is 33.1 Å². The second-order valence-corrected chi connectivity index (χ2v) is 6.07. The summed E-state index contributed by atoms with van der Waals surface area (Å²) in [7, 11) is 0. The van der Waals surface area contributed by atoms with Gasteiger partial charge in [0, 0.05) is 12.5 Å². The molecular formula is C16H29NO3. The van der Waals surface area contributed by atoms with Crippen LogP contribution in [-0.4, -0.2) is 23.0 Å². The molecule has 1 unspecified atom stereocenters. The number of carboxylic acid groups (broad SMARTS) is 1. The molecule has 1 aliphatic carbocycles. The standard InChI is InChI=1S/C16H29NO3/c1-3-5-6-12(4-2)11-15(18)17-14-9-7-13(8-10-14)16(19)20/h12-14H,3-11H2,1-2H3,(H,17,18)(H,19,20). The van der Waals surface area contributed by atoms with Gasteiger partial charge in [0.05, 0.1) is 5.92 Å². The number of nitrogens with one attached hydrogen (secondary N) is 1. The van der Waals surface area contributed by atoms with Crippen molar-refractivity contribution in [3.63, 3.8) is 0 Å². The smallest absolute Gasteiger partial charge is 0.306 e. The van der Waals surface area contributed by atoms with Crippen LogP contribution in [0.25, 0.3) is 0 Å². The Morgan fingerprint density at radius 1 is 1.20 bits per heavy atom. The summed E-state index contributed by atoms with van der Waals surface area (Å²) in [6.07, 6.45) is 8.15. The molecule has 20 heavy (non-hydrogen) atoms. The van der Waals surface area contributed by atoms with Gasteiger partial charge in [0.1, 0.15) is 0 Å². The summed E-state index contributed by atoms with van der Waals surface area (Å²) in [6.45, 7) is 4.32. The number of hydrogen-bond donors (Lipinski definition) is 2. The van der Waals surface area contributed by atoms with Crippen LogP contribution < -0.4 is 5.32 Å². The number of hydrogen-bond acceptors (Lipinski definition) is 2. The molecule has 1 aliphatic rings. The lowest BCUT2D eigenvalue weighted by atomic mass is 9.86. The maximum absolute atomic E-state index is 12.0. The van der Waals surface area contributed by atoms with Crippen molar-refractivity contribution in [3.05, 3.63) is 0 Å². The van der Waals surface area contributed by atoms with E-state index in [1.807, 2.05) is 0 Å². The first kappa shape index (κ1) is 17.0. The first-order valence-corrected chi connectivity index (χ1v) is 8.08. The molecule has 0 saturated heterocycles. The number of amides is 1. The van der Waals surface area contributed by atoms with Gasteiger partial charge < -0.3 is 10.4 Å². The fraction of sp³-hybridized carbons (Fsp3) is 0.875. The van der Waals surface area contributed by atoms with E-state index in [0.717, 1.165) is 25.7 Å². The van der Waals surface area contributed by atoms with Crippen molar-refractivity contribution in [2.24, 2.45) is 11.8 Å². The van der Waals surface area contributed by atoms with Crippen molar-refractivity contribution < 1.29 is 14.7 Å². The van der Waals surface area contributed by atoms with E-state index in [9.17, 15) is 9.59 Å². The Hall–Kier alpha value is -1.06. The molecule has 1 saturated carbocycles. The summed E-state index contributed by atoms with van der Waals surface area (Å²) < 4.78 is 0. The van der Waals surface area contributed by atoms with Crippen LogP contribution in [0, 0.1) is 11.8 Å². The van der Waals surface area contributed by atoms with Crippen molar-refractivity contribution in [3.8, 4) is 0 Å². The molecular weight excluding hydrogens is 254 g/mol. The topological polar surface area (TPSA) is 66.4 Å². The monoisotopic (exact) mass is 283 g/mol. The molecule has 1 fully saturated rings. The molecule has 0 aromatic rings. The lowest BCUT2D eigenvalue weighted by molar-refractivity contribution is -0.142. The Morgan fingerprint density at radius 2 is 1.85 bits per heavy atom. The first-order valence-electron chi connectivity index (χ1n) is 8.08. The lowest BCUT2D eigenvalue weighted by Gasteiger charge is -2.27. The van der Waals surface area contributed by atoms with E-state index in [-0.39, 0.29) is 17.9 Å². The second-order valence-electron chi connectivity index (χ2n) is 6.07. The summed E-state index contributed by atoms with van der Waals surface area (Å²) in [4.78, 5) is 22.9. The average molecular weight is 283 g/mol. The van der Waals surface area contributed by atoms with E-state index < -0.39 is 5.97 Å².